The van der Waals surface area contributed by atoms with Crippen LogP contribution >= 0.6 is 11.6 Å². The smallest absolute Gasteiger partial charge is 0.242 e. The van der Waals surface area contributed by atoms with Gasteiger partial charge in [-0.1, -0.05) is 29.8 Å². The Kier molecular flexibility index (Phi) is 9.88. The number of carbonyl (C=O) groups excluding carboxylic acids is 2. The minimum Gasteiger partial charge on any atom is -0.355 e. The van der Waals surface area contributed by atoms with E-state index in [-0.39, 0.29) is 37.7 Å². The van der Waals surface area contributed by atoms with Crippen LogP contribution in [-0.4, -0.2) is 50.5 Å². The van der Waals surface area contributed by atoms with Crippen LogP contribution in [0.3, 0.4) is 0 Å². The largest absolute Gasteiger partial charge is 0.355 e. The lowest BCUT2D eigenvalue weighted by molar-refractivity contribution is -0.140. The predicted molar refractivity (Wildman–Crippen MR) is 133 cm³/mol. The Bertz CT molecular complexity index is 1110. The standard InChI is InChI=1S/C24H31ClFN3O4S/c1-5-27-24(31)18(3)28(16-19-11-13-20(26)14-12-19)23(30)10-7-15-29(34(4,32)33)22-9-6-8-21(25)17(22)2/h6,8-9,11-14,18H,5,7,10,15-16H2,1-4H3,(H,27,31). The first kappa shape index (κ1) is 27.6. The Balaban J connectivity index is 2.18. The number of halogens is 2. The number of hydrogen-bond donors (Lipinski definition) is 1. The molecule has 2 aromatic rings. The molecule has 1 N–H and O–H groups in total. The Hall–Kier alpha value is -2.65. The first-order chi connectivity index (χ1) is 16.0. The van der Waals surface area contributed by atoms with Crippen LogP contribution in [0.1, 0.15) is 37.8 Å². The quantitative estimate of drug-likeness (QED) is 0.496. The minimum absolute atomic E-state index is 0.0244. The number of carbonyl (C=O) groups is 2. The van der Waals surface area contributed by atoms with Gasteiger partial charge in [-0.05, 0) is 62.6 Å². The van der Waals surface area contributed by atoms with Gasteiger partial charge < -0.3 is 10.2 Å². The van der Waals surface area contributed by atoms with Gasteiger partial charge in [-0.15, -0.1) is 0 Å². The minimum atomic E-state index is -3.61. The highest BCUT2D eigenvalue weighted by Gasteiger charge is 2.26. The average molecular weight is 512 g/mol. The maximum absolute atomic E-state index is 13.3. The van der Waals surface area contributed by atoms with Crippen LogP contribution < -0.4 is 9.62 Å². The summed E-state index contributed by atoms with van der Waals surface area (Å²) in [5, 5.41) is 3.16. The van der Waals surface area contributed by atoms with Crippen LogP contribution in [-0.2, 0) is 26.2 Å². The van der Waals surface area contributed by atoms with E-state index in [1.165, 1.54) is 21.3 Å². The second-order valence-electron chi connectivity index (χ2n) is 8.04. The third-order valence-corrected chi connectivity index (χ3v) is 7.03. The second-order valence-corrected chi connectivity index (χ2v) is 10.4. The molecule has 186 valence electrons. The van der Waals surface area contributed by atoms with E-state index in [1.54, 1.807) is 51.1 Å². The van der Waals surface area contributed by atoms with Gasteiger partial charge in [0.25, 0.3) is 0 Å². The third-order valence-electron chi connectivity index (χ3n) is 5.44. The van der Waals surface area contributed by atoms with Crippen molar-refractivity contribution in [3.05, 3.63) is 64.4 Å². The van der Waals surface area contributed by atoms with Crippen molar-refractivity contribution in [2.24, 2.45) is 0 Å². The van der Waals surface area contributed by atoms with Crippen molar-refractivity contribution in [3.8, 4) is 0 Å². The van der Waals surface area contributed by atoms with Gasteiger partial charge in [0.15, 0.2) is 0 Å². The molecule has 34 heavy (non-hydrogen) atoms. The number of nitrogens with one attached hydrogen (secondary N) is 1. The summed E-state index contributed by atoms with van der Waals surface area (Å²) < 4.78 is 39.4. The SMILES string of the molecule is CCNC(=O)C(C)N(Cc1ccc(F)cc1)C(=O)CCCN(c1cccc(Cl)c1C)S(C)(=O)=O. The Morgan fingerprint density at radius 3 is 2.38 bits per heavy atom. The molecule has 0 saturated carbocycles. The summed E-state index contributed by atoms with van der Waals surface area (Å²) in [5.41, 5.74) is 1.77. The molecular formula is C24H31ClFN3O4S. The molecule has 0 aliphatic carbocycles. The first-order valence-electron chi connectivity index (χ1n) is 11.0. The lowest BCUT2D eigenvalue weighted by atomic mass is 10.1. The molecule has 7 nitrogen and oxygen atoms in total. The fraction of sp³-hybridized carbons (Fsp3) is 0.417. The molecule has 0 fully saturated rings. The fourth-order valence-corrected chi connectivity index (χ4v) is 4.73. The summed E-state index contributed by atoms with van der Waals surface area (Å²) in [6.07, 6.45) is 1.36. The van der Waals surface area contributed by atoms with Gasteiger partial charge in [0.05, 0.1) is 11.9 Å². The predicted octanol–water partition coefficient (Wildman–Crippen LogP) is 3.89. The molecule has 1 unspecified atom stereocenters. The van der Waals surface area contributed by atoms with Crippen LogP contribution in [0.25, 0.3) is 0 Å². The third kappa shape index (κ3) is 7.43. The molecule has 0 radical (unpaired) electrons. The van der Waals surface area contributed by atoms with E-state index in [9.17, 15) is 22.4 Å². The molecule has 0 aliphatic rings. The van der Waals surface area contributed by atoms with E-state index in [0.717, 1.165) is 6.26 Å². The zero-order chi connectivity index (χ0) is 25.5. The van der Waals surface area contributed by atoms with Gasteiger partial charge >= 0.3 is 0 Å². The Morgan fingerprint density at radius 1 is 1.15 bits per heavy atom. The van der Waals surface area contributed by atoms with Gasteiger partial charge in [-0.25, -0.2) is 12.8 Å². The molecular weight excluding hydrogens is 481 g/mol. The number of rotatable bonds is 11. The molecule has 2 amide bonds. The fourth-order valence-electron chi connectivity index (χ4n) is 3.54. The molecule has 0 bridgehead atoms. The lowest BCUT2D eigenvalue weighted by Crippen LogP contribution is -2.47. The normalized spacial score (nSPS) is 12.2. The molecule has 0 aliphatic heterocycles. The number of likely N-dealkylation sites (N-methyl/N-ethyl adjacent to an activating group) is 1. The molecule has 2 aromatic carbocycles. The van der Waals surface area contributed by atoms with E-state index in [4.69, 9.17) is 11.6 Å². The first-order valence-corrected chi connectivity index (χ1v) is 13.2. The van der Waals surface area contributed by atoms with Gasteiger partial charge in [0.1, 0.15) is 11.9 Å². The van der Waals surface area contributed by atoms with Gasteiger partial charge in [-0.2, -0.15) is 0 Å². The maximum Gasteiger partial charge on any atom is 0.242 e. The van der Waals surface area contributed by atoms with Gasteiger partial charge in [-0.3, -0.25) is 13.9 Å². The molecule has 0 spiro atoms. The van der Waals surface area contributed by atoms with E-state index in [2.05, 4.69) is 5.32 Å². The molecule has 1 atom stereocenters. The summed E-state index contributed by atoms with van der Waals surface area (Å²) in [6.45, 7) is 5.77. The number of anilines is 1. The van der Waals surface area contributed by atoms with E-state index in [1.807, 2.05) is 0 Å². The molecule has 0 heterocycles. The highest BCUT2D eigenvalue weighted by Crippen LogP contribution is 2.28. The average Bonchev–Trinajstić information content (AvgIpc) is 2.77. The van der Waals surface area contributed by atoms with E-state index < -0.39 is 21.9 Å². The van der Waals surface area contributed by atoms with Gasteiger partial charge in [0, 0.05) is 31.1 Å². The zero-order valence-electron chi connectivity index (χ0n) is 19.8. The summed E-state index contributed by atoms with van der Waals surface area (Å²) in [6, 6.07) is 9.99. The Labute approximate surface area is 205 Å². The van der Waals surface area contributed by atoms with Crippen molar-refractivity contribution in [1.29, 1.82) is 0 Å². The van der Waals surface area contributed by atoms with Crippen molar-refractivity contribution < 1.29 is 22.4 Å². The number of sulfonamides is 1. The van der Waals surface area contributed by atoms with Crippen molar-refractivity contribution in [1.82, 2.24) is 10.2 Å². The number of benzene rings is 2. The van der Waals surface area contributed by atoms with Crippen molar-refractivity contribution in [2.45, 2.75) is 46.2 Å². The highest BCUT2D eigenvalue weighted by atomic mass is 35.5. The molecule has 0 saturated heterocycles. The van der Waals surface area contributed by atoms with Crippen LogP contribution in [0.2, 0.25) is 5.02 Å². The summed E-state index contributed by atoms with van der Waals surface area (Å²) >= 11 is 6.17. The van der Waals surface area contributed by atoms with Crippen molar-refractivity contribution in [2.75, 3.05) is 23.7 Å². The number of nitrogens with zero attached hydrogens (tertiary/aromatic N) is 2. The molecule has 0 aromatic heterocycles. The summed E-state index contributed by atoms with van der Waals surface area (Å²) in [5.74, 6) is -1.000. The molecule has 2 rings (SSSR count). The highest BCUT2D eigenvalue weighted by molar-refractivity contribution is 7.92. The van der Waals surface area contributed by atoms with Crippen LogP contribution in [0.4, 0.5) is 10.1 Å². The molecule has 10 heteroatoms. The second kappa shape index (κ2) is 12.2. The topological polar surface area (TPSA) is 86.8 Å². The number of hydrogen-bond acceptors (Lipinski definition) is 4. The van der Waals surface area contributed by atoms with Crippen LogP contribution in [0.15, 0.2) is 42.5 Å². The summed E-state index contributed by atoms with van der Waals surface area (Å²) in [4.78, 5) is 27.0. The van der Waals surface area contributed by atoms with E-state index >= 15 is 0 Å². The van der Waals surface area contributed by atoms with Crippen molar-refractivity contribution in [3.63, 3.8) is 0 Å². The summed E-state index contributed by atoms with van der Waals surface area (Å²) in [7, 11) is -3.61. The maximum atomic E-state index is 13.3. The Morgan fingerprint density at radius 2 is 1.79 bits per heavy atom. The van der Waals surface area contributed by atoms with E-state index in [0.29, 0.717) is 28.4 Å². The number of amides is 2. The monoisotopic (exact) mass is 511 g/mol. The van der Waals surface area contributed by atoms with Gasteiger partial charge in [0.2, 0.25) is 21.8 Å². The van der Waals surface area contributed by atoms with Crippen LogP contribution in [0.5, 0.6) is 0 Å². The van der Waals surface area contributed by atoms with Crippen LogP contribution in [0, 0.1) is 12.7 Å². The lowest BCUT2D eigenvalue weighted by Gasteiger charge is -2.29. The zero-order valence-corrected chi connectivity index (χ0v) is 21.4. The van der Waals surface area contributed by atoms with Crippen molar-refractivity contribution >= 4 is 39.1 Å².